The first-order valence-corrected chi connectivity index (χ1v) is 11.1. The van der Waals surface area contributed by atoms with Crippen molar-refractivity contribution in [1.29, 1.82) is 0 Å². The van der Waals surface area contributed by atoms with Gasteiger partial charge >= 0.3 is 0 Å². The summed E-state index contributed by atoms with van der Waals surface area (Å²) in [6.45, 7) is 12.1. The Hall–Kier alpha value is -2.37. The number of anilines is 1. The summed E-state index contributed by atoms with van der Waals surface area (Å²) in [4.78, 5) is 5.08. The normalized spacial score (nSPS) is 16.1. The molecule has 1 fully saturated rings. The zero-order chi connectivity index (χ0) is 21.1. The van der Waals surface area contributed by atoms with Crippen LogP contribution in [0.1, 0.15) is 30.5 Å². The first-order valence-electron chi connectivity index (χ1n) is 10.7. The lowest BCUT2D eigenvalue weighted by atomic mass is 10.1. The fourth-order valence-corrected chi connectivity index (χ4v) is 4.31. The third-order valence-electron chi connectivity index (χ3n) is 6.26. The molecule has 0 saturated carbocycles. The van der Waals surface area contributed by atoms with Gasteiger partial charge in [0.25, 0.3) is 0 Å². The fraction of sp³-hybridized carbons (Fsp3) is 0.417. The van der Waals surface area contributed by atoms with E-state index in [1.165, 1.54) is 16.8 Å². The second kappa shape index (κ2) is 9.19. The smallest absolute Gasteiger partial charge is 0.114 e. The monoisotopic (exact) mass is 423 g/mol. The summed E-state index contributed by atoms with van der Waals surface area (Å²) < 4.78 is 1.96. The molecule has 1 aliphatic heterocycles. The molecule has 1 unspecified atom stereocenters. The number of benzene rings is 2. The van der Waals surface area contributed by atoms with Crippen LogP contribution in [0.15, 0.2) is 48.7 Å². The minimum atomic E-state index is 0.297. The first-order chi connectivity index (χ1) is 14.5. The Morgan fingerprint density at radius 2 is 1.77 bits per heavy atom. The van der Waals surface area contributed by atoms with Crippen LogP contribution in [0.25, 0.3) is 11.3 Å². The number of piperazine rings is 1. The van der Waals surface area contributed by atoms with Gasteiger partial charge in [0.05, 0.1) is 17.3 Å². The molecule has 3 aromatic rings. The van der Waals surface area contributed by atoms with E-state index < -0.39 is 0 Å². The highest BCUT2D eigenvalue weighted by Gasteiger charge is 2.20. The molecule has 0 amide bonds. The lowest BCUT2D eigenvalue weighted by molar-refractivity contribution is 0.237. The number of nitrogens with zero attached hydrogens (tertiary/aromatic N) is 5. The molecule has 0 aliphatic carbocycles. The average molecular weight is 424 g/mol. The van der Waals surface area contributed by atoms with E-state index in [4.69, 9.17) is 11.6 Å². The summed E-state index contributed by atoms with van der Waals surface area (Å²) >= 11 is 6.30. The molecule has 1 saturated heterocycles. The molecule has 0 N–H and O–H groups in total. The van der Waals surface area contributed by atoms with Gasteiger partial charge in [0.15, 0.2) is 0 Å². The number of aryl methyl sites for hydroxylation is 1. The summed E-state index contributed by atoms with van der Waals surface area (Å²) in [5.74, 6) is 0. The molecule has 158 valence electrons. The van der Waals surface area contributed by atoms with Crippen LogP contribution >= 0.6 is 11.6 Å². The summed E-state index contributed by atoms with van der Waals surface area (Å²) in [5.41, 5.74) is 5.92. The van der Waals surface area contributed by atoms with Gasteiger partial charge in [-0.3, -0.25) is 4.90 Å². The van der Waals surface area contributed by atoms with Crippen LogP contribution in [0, 0.1) is 13.8 Å². The van der Waals surface area contributed by atoms with Crippen LogP contribution in [0.2, 0.25) is 5.02 Å². The average Bonchev–Trinajstić information content (AvgIpc) is 3.25. The van der Waals surface area contributed by atoms with Crippen molar-refractivity contribution in [3.63, 3.8) is 0 Å². The van der Waals surface area contributed by atoms with Gasteiger partial charge in [0.2, 0.25) is 0 Å². The minimum Gasteiger partial charge on any atom is -0.369 e. The van der Waals surface area contributed by atoms with Gasteiger partial charge in [0, 0.05) is 44.0 Å². The molecule has 2 aromatic carbocycles. The topological polar surface area (TPSA) is 37.2 Å². The van der Waals surface area contributed by atoms with Crippen LogP contribution in [-0.2, 0) is 0 Å². The Kier molecular flexibility index (Phi) is 6.40. The number of hydrogen-bond donors (Lipinski definition) is 0. The summed E-state index contributed by atoms with van der Waals surface area (Å²) in [6, 6.07) is 14.7. The van der Waals surface area contributed by atoms with Gasteiger partial charge in [0.1, 0.15) is 5.69 Å². The second-order valence-corrected chi connectivity index (χ2v) is 8.66. The highest BCUT2D eigenvalue weighted by atomic mass is 35.5. The van der Waals surface area contributed by atoms with Gasteiger partial charge in [-0.2, -0.15) is 0 Å². The lowest BCUT2D eigenvalue weighted by Gasteiger charge is -2.37. The summed E-state index contributed by atoms with van der Waals surface area (Å²) in [5, 5.41) is 9.39. The van der Waals surface area contributed by atoms with Crippen molar-refractivity contribution >= 4 is 17.3 Å². The van der Waals surface area contributed by atoms with Crippen molar-refractivity contribution < 1.29 is 0 Å². The maximum atomic E-state index is 6.30. The minimum absolute atomic E-state index is 0.297. The van der Waals surface area contributed by atoms with Crippen molar-refractivity contribution in [2.45, 2.75) is 33.2 Å². The first kappa shape index (κ1) is 20.9. The van der Waals surface area contributed by atoms with Gasteiger partial charge in [-0.05, 0) is 50.5 Å². The van der Waals surface area contributed by atoms with E-state index in [0.717, 1.165) is 50.4 Å². The van der Waals surface area contributed by atoms with E-state index in [-0.39, 0.29) is 0 Å². The van der Waals surface area contributed by atoms with Crippen LogP contribution in [0.3, 0.4) is 0 Å². The quantitative estimate of drug-likeness (QED) is 0.559. The summed E-state index contributed by atoms with van der Waals surface area (Å²) in [7, 11) is 0. The lowest BCUT2D eigenvalue weighted by Crippen LogP contribution is -2.47. The highest BCUT2D eigenvalue weighted by Crippen LogP contribution is 2.27. The van der Waals surface area contributed by atoms with Crippen molar-refractivity contribution in [3.05, 3.63) is 64.8 Å². The molecule has 1 aliphatic rings. The molecular weight excluding hydrogens is 394 g/mol. The molecular formula is C24H30ClN5. The van der Waals surface area contributed by atoms with Gasteiger partial charge in [-0.15, -0.1) is 5.10 Å². The van der Waals surface area contributed by atoms with Crippen LogP contribution < -0.4 is 4.90 Å². The molecule has 5 nitrogen and oxygen atoms in total. The fourth-order valence-electron chi connectivity index (χ4n) is 4.08. The Morgan fingerprint density at radius 3 is 2.53 bits per heavy atom. The second-order valence-electron chi connectivity index (χ2n) is 8.25. The molecule has 1 aromatic heterocycles. The standard InChI is InChI=1S/C24H30ClN5/c1-18-7-6-10-24(20(18)3)29-15-13-28(14-16-29)12-11-19(2)30-17-23(26-27-30)21-8-4-5-9-22(21)25/h4-10,17,19H,11-16H2,1-3H3. The zero-order valence-electron chi connectivity index (χ0n) is 18.1. The Bertz CT molecular complexity index is 991. The number of aromatic nitrogens is 3. The van der Waals surface area contributed by atoms with E-state index in [1.807, 2.05) is 35.1 Å². The molecule has 1 atom stereocenters. The van der Waals surface area contributed by atoms with Crippen LogP contribution in [0.4, 0.5) is 5.69 Å². The Labute approximate surface area is 184 Å². The molecule has 0 spiro atoms. The van der Waals surface area contributed by atoms with Crippen molar-refractivity contribution in [2.75, 3.05) is 37.6 Å². The van der Waals surface area contributed by atoms with Gasteiger partial charge in [-0.25, -0.2) is 4.68 Å². The molecule has 2 heterocycles. The van der Waals surface area contributed by atoms with E-state index in [0.29, 0.717) is 11.1 Å². The van der Waals surface area contributed by atoms with E-state index in [1.54, 1.807) is 0 Å². The SMILES string of the molecule is Cc1cccc(N2CCN(CCC(C)n3cc(-c4ccccc4Cl)nn3)CC2)c1C. The van der Waals surface area contributed by atoms with Gasteiger partial charge < -0.3 is 4.90 Å². The maximum Gasteiger partial charge on any atom is 0.114 e. The number of halogens is 1. The van der Waals surface area contributed by atoms with Crippen molar-refractivity contribution in [1.82, 2.24) is 19.9 Å². The third kappa shape index (κ3) is 4.52. The predicted octanol–water partition coefficient (Wildman–Crippen LogP) is 4.99. The maximum absolute atomic E-state index is 6.30. The predicted molar refractivity (Wildman–Crippen MR) is 124 cm³/mol. The van der Waals surface area contributed by atoms with Crippen molar-refractivity contribution in [2.24, 2.45) is 0 Å². The highest BCUT2D eigenvalue weighted by molar-refractivity contribution is 6.33. The van der Waals surface area contributed by atoms with E-state index in [2.05, 4.69) is 59.1 Å². The number of rotatable bonds is 6. The summed E-state index contributed by atoms with van der Waals surface area (Å²) in [6.07, 6.45) is 3.05. The zero-order valence-corrected chi connectivity index (χ0v) is 18.8. The van der Waals surface area contributed by atoms with Gasteiger partial charge in [-0.1, -0.05) is 47.1 Å². The molecule has 4 rings (SSSR count). The van der Waals surface area contributed by atoms with Crippen LogP contribution in [0.5, 0.6) is 0 Å². The Morgan fingerprint density at radius 1 is 1.00 bits per heavy atom. The molecule has 0 radical (unpaired) electrons. The third-order valence-corrected chi connectivity index (χ3v) is 6.59. The van der Waals surface area contributed by atoms with E-state index >= 15 is 0 Å². The van der Waals surface area contributed by atoms with E-state index in [9.17, 15) is 0 Å². The number of hydrogen-bond acceptors (Lipinski definition) is 4. The molecule has 6 heteroatoms. The largest absolute Gasteiger partial charge is 0.369 e. The molecule has 30 heavy (non-hydrogen) atoms. The van der Waals surface area contributed by atoms with Crippen molar-refractivity contribution in [3.8, 4) is 11.3 Å². The Balaban J connectivity index is 1.30. The van der Waals surface area contributed by atoms with Crippen LogP contribution in [-0.4, -0.2) is 52.6 Å². The molecule has 0 bridgehead atoms.